The first-order valence-corrected chi connectivity index (χ1v) is 14.4. The maximum absolute atomic E-state index is 11.5. The quantitative estimate of drug-likeness (QED) is 0.218. The van der Waals surface area contributed by atoms with Crippen molar-refractivity contribution in [3.63, 3.8) is 0 Å². The predicted octanol–water partition coefficient (Wildman–Crippen LogP) is 5.45. The van der Waals surface area contributed by atoms with Crippen molar-refractivity contribution in [2.24, 2.45) is 0 Å². The summed E-state index contributed by atoms with van der Waals surface area (Å²) in [7, 11) is 3.10. The summed E-state index contributed by atoms with van der Waals surface area (Å²) in [5.41, 5.74) is 7.18. The van der Waals surface area contributed by atoms with Gasteiger partial charge in [0.2, 0.25) is 5.75 Å². The highest BCUT2D eigenvalue weighted by atomic mass is 16.5. The summed E-state index contributed by atoms with van der Waals surface area (Å²) in [6.45, 7) is 1.54. The van der Waals surface area contributed by atoms with Gasteiger partial charge in [-0.15, -0.1) is 0 Å². The van der Waals surface area contributed by atoms with E-state index < -0.39 is 0 Å². The number of methoxy groups -OCH3 is 2. The third-order valence-electron chi connectivity index (χ3n) is 8.80. The van der Waals surface area contributed by atoms with Gasteiger partial charge < -0.3 is 40.2 Å². The van der Waals surface area contributed by atoms with Gasteiger partial charge in [-0.3, -0.25) is 0 Å². The van der Waals surface area contributed by atoms with Crippen LogP contribution in [0, 0.1) is 0 Å². The number of hydrogen-bond donors (Lipinski definition) is 5. The highest BCUT2D eigenvalue weighted by molar-refractivity contribution is 5.83. The molecular formula is C34H34N2O6. The van der Waals surface area contributed by atoms with Crippen LogP contribution in [0.1, 0.15) is 45.5 Å². The number of ether oxygens (including phenoxy) is 3. The molecule has 8 nitrogen and oxygen atoms in total. The first-order chi connectivity index (χ1) is 20.4. The molecule has 8 heteroatoms. The lowest BCUT2D eigenvalue weighted by Crippen LogP contribution is -2.32. The number of phenolic OH excluding ortho intramolecular Hbond substituents is 3. The lowest BCUT2D eigenvalue weighted by atomic mass is 9.82. The Hall–Kier alpha value is -4.40. The molecule has 2 unspecified atom stereocenters. The van der Waals surface area contributed by atoms with E-state index in [1.54, 1.807) is 20.3 Å². The van der Waals surface area contributed by atoms with Gasteiger partial charge in [0.05, 0.1) is 14.2 Å². The van der Waals surface area contributed by atoms with Gasteiger partial charge in [-0.25, -0.2) is 0 Å². The summed E-state index contributed by atoms with van der Waals surface area (Å²) in [6.07, 6.45) is 2.77. The summed E-state index contributed by atoms with van der Waals surface area (Å²) in [5, 5.41) is 41.2. The number of rotatable bonds is 2. The fourth-order valence-corrected chi connectivity index (χ4v) is 6.79. The molecule has 4 heterocycles. The second-order valence-electron chi connectivity index (χ2n) is 11.2. The van der Waals surface area contributed by atoms with E-state index in [1.165, 1.54) is 0 Å². The molecule has 4 bridgehead atoms. The molecule has 0 fully saturated rings. The minimum absolute atomic E-state index is 0.0164. The number of fused-ring (bicyclic) bond motifs is 2. The van der Waals surface area contributed by atoms with Crippen LogP contribution in [0.15, 0.2) is 54.6 Å². The Kier molecular flexibility index (Phi) is 6.60. The normalized spacial score (nSPS) is 18.9. The Labute approximate surface area is 244 Å². The molecule has 4 aliphatic heterocycles. The van der Waals surface area contributed by atoms with E-state index in [2.05, 4.69) is 10.6 Å². The molecule has 0 radical (unpaired) electrons. The predicted molar refractivity (Wildman–Crippen MR) is 159 cm³/mol. The lowest BCUT2D eigenvalue weighted by Gasteiger charge is -2.32. The van der Waals surface area contributed by atoms with Crippen LogP contribution in [0.5, 0.6) is 40.2 Å². The van der Waals surface area contributed by atoms with Gasteiger partial charge in [-0.2, -0.15) is 0 Å². The van der Waals surface area contributed by atoms with Gasteiger partial charge >= 0.3 is 0 Å². The zero-order valence-electron chi connectivity index (χ0n) is 23.7. The minimum Gasteiger partial charge on any atom is -0.507 e. The fraction of sp³-hybridized carbons (Fsp3) is 0.294. The van der Waals surface area contributed by atoms with Crippen LogP contribution in [-0.2, 0) is 25.7 Å². The third kappa shape index (κ3) is 4.38. The molecule has 4 aliphatic rings. The van der Waals surface area contributed by atoms with Crippen molar-refractivity contribution in [3.8, 4) is 51.4 Å². The monoisotopic (exact) mass is 566 g/mol. The van der Waals surface area contributed by atoms with Crippen molar-refractivity contribution in [1.29, 1.82) is 0 Å². The second-order valence-corrected chi connectivity index (χ2v) is 11.2. The SMILES string of the molecule is COc1cc2c3c(c1O)Oc1ccc(cc1)CC1NCCc4cc(OC)c(O)c(c41)-c1cc(ccc1O)CC3NCC2. The molecule has 0 saturated carbocycles. The Bertz CT molecular complexity index is 1680. The molecule has 4 aromatic carbocycles. The van der Waals surface area contributed by atoms with E-state index in [1.807, 2.05) is 48.5 Å². The standard InChI is InChI=1S/C34H34N2O6/c1-40-27-16-20-9-11-35-24-14-18-3-6-22(7-4-18)42-34-30-21(17-28(41-2)33(34)39)10-12-36-25(30)15-19-5-8-26(37)23(13-19)31(29(20)24)32(27)38/h3-8,13,16-17,24-25,35-39H,9-12,14-15H2,1-2H3. The summed E-state index contributed by atoms with van der Waals surface area (Å²) in [4.78, 5) is 0. The van der Waals surface area contributed by atoms with E-state index in [4.69, 9.17) is 14.2 Å². The fourth-order valence-electron chi connectivity index (χ4n) is 6.79. The van der Waals surface area contributed by atoms with Crippen LogP contribution >= 0.6 is 0 Å². The van der Waals surface area contributed by atoms with Crippen molar-refractivity contribution in [1.82, 2.24) is 10.6 Å². The highest BCUT2D eigenvalue weighted by Gasteiger charge is 2.32. The zero-order chi connectivity index (χ0) is 29.0. The van der Waals surface area contributed by atoms with Gasteiger partial charge in [0, 0.05) is 28.8 Å². The van der Waals surface area contributed by atoms with Gasteiger partial charge in [0.15, 0.2) is 23.0 Å². The maximum atomic E-state index is 11.5. The molecule has 42 heavy (non-hydrogen) atoms. The largest absolute Gasteiger partial charge is 0.507 e. The molecule has 0 amide bonds. The van der Waals surface area contributed by atoms with E-state index in [0.717, 1.165) is 59.3 Å². The maximum Gasteiger partial charge on any atom is 0.201 e. The molecule has 8 rings (SSSR count). The van der Waals surface area contributed by atoms with Gasteiger partial charge in [-0.1, -0.05) is 18.2 Å². The number of aromatic hydroxyl groups is 3. The van der Waals surface area contributed by atoms with Crippen LogP contribution < -0.4 is 24.8 Å². The molecule has 0 aromatic heterocycles. The van der Waals surface area contributed by atoms with E-state index in [-0.39, 0.29) is 29.3 Å². The van der Waals surface area contributed by atoms with Gasteiger partial charge in [0.25, 0.3) is 0 Å². The molecule has 2 atom stereocenters. The molecule has 4 aromatic rings. The van der Waals surface area contributed by atoms with Crippen LogP contribution in [0.4, 0.5) is 0 Å². The second kappa shape index (κ2) is 10.5. The van der Waals surface area contributed by atoms with E-state index in [9.17, 15) is 15.3 Å². The minimum atomic E-state index is -0.174. The Morgan fingerprint density at radius 1 is 0.714 bits per heavy atom. The summed E-state index contributed by atoms with van der Waals surface area (Å²) < 4.78 is 17.5. The molecule has 5 N–H and O–H groups in total. The molecule has 216 valence electrons. The topological polar surface area (TPSA) is 112 Å². The zero-order valence-corrected chi connectivity index (χ0v) is 23.7. The van der Waals surface area contributed by atoms with Gasteiger partial charge in [0.1, 0.15) is 11.5 Å². The number of phenols is 3. The summed E-state index contributed by atoms with van der Waals surface area (Å²) >= 11 is 0. The third-order valence-corrected chi connectivity index (χ3v) is 8.80. The van der Waals surface area contributed by atoms with Crippen molar-refractivity contribution >= 4 is 0 Å². The molecule has 0 aliphatic carbocycles. The average Bonchev–Trinajstić information content (AvgIpc) is 3.00. The van der Waals surface area contributed by atoms with Crippen LogP contribution in [0.3, 0.4) is 0 Å². The Balaban J connectivity index is 1.48. The van der Waals surface area contributed by atoms with Crippen molar-refractivity contribution in [2.75, 3.05) is 27.3 Å². The lowest BCUT2D eigenvalue weighted by molar-refractivity contribution is 0.345. The van der Waals surface area contributed by atoms with Crippen molar-refractivity contribution in [3.05, 3.63) is 88.0 Å². The smallest absolute Gasteiger partial charge is 0.201 e. The Morgan fingerprint density at radius 2 is 1.31 bits per heavy atom. The van der Waals surface area contributed by atoms with E-state index in [0.29, 0.717) is 47.0 Å². The van der Waals surface area contributed by atoms with Crippen molar-refractivity contribution < 1.29 is 29.5 Å². The highest BCUT2D eigenvalue weighted by Crippen LogP contribution is 2.50. The molecule has 0 saturated heterocycles. The van der Waals surface area contributed by atoms with Crippen LogP contribution in [0.2, 0.25) is 0 Å². The Morgan fingerprint density at radius 3 is 2.00 bits per heavy atom. The first-order valence-electron chi connectivity index (χ1n) is 14.4. The first kappa shape index (κ1) is 26.5. The number of benzene rings is 4. The number of nitrogens with one attached hydrogen (secondary N) is 2. The molecular weight excluding hydrogens is 532 g/mol. The van der Waals surface area contributed by atoms with Gasteiger partial charge in [-0.05, 0) is 103 Å². The number of hydrogen-bond acceptors (Lipinski definition) is 8. The summed E-state index contributed by atoms with van der Waals surface area (Å²) in [5.74, 6) is 1.83. The van der Waals surface area contributed by atoms with Crippen LogP contribution in [0.25, 0.3) is 11.1 Å². The average molecular weight is 567 g/mol. The summed E-state index contributed by atoms with van der Waals surface area (Å²) in [6, 6.07) is 17.0. The van der Waals surface area contributed by atoms with E-state index >= 15 is 0 Å². The van der Waals surface area contributed by atoms with Crippen molar-refractivity contribution in [2.45, 2.75) is 37.8 Å². The molecule has 0 spiro atoms. The van der Waals surface area contributed by atoms with Crippen LogP contribution in [-0.4, -0.2) is 42.6 Å².